The van der Waals surface area contributed by atoms with E-state index in [1.54, 1.807) is 10.9 Å². The number of halogens is 3. The van der Waals surface area contributed by atoms with Crippen molar-refractivity contribution in [1.82, 2.24) is 9.78 Å². The van der Waals surface area contributed by atoms with Crippen LogP contribution in [-0.2, 0) is 4.74 Å². The third-order valence-electron chi connectivity index (χ3n) is 3.65. The van der Waals surface area contributed by atoms with Gasteiger partial charge in [0.2, 0.25) is 0 Å². The molecule has 0 spiro atoms. The highest BCUT2D eigenvalue weighted by Gasteiger charge is 2.27. The molecular weight excluding hydrogens is 363 g/mol. The van der Waals surface area contributed by atoms with Gasteiger partial charge in [-0.05, 0) is 42.1 Å². The summed E-state index contributed by atoms with van der Waals surface area (Å²) < 4.78 is 22.1. The second kappa shape index (κ2) is 5.66. The van der Waals surface area contributed by atoms with Crippen molar-refractivity contribution in [2.45, 2.75) is 32.4 Å². The molecule has 0 radical (unpaired) electrons. The molecule has 1 unspecified atom stereocenters. The maximum Gasteiger partial charge on any atom is 0.164 e. The van der Waals surface area contributed by atoms with E-state index in [-0.39, 0.29) is 22.6 Å². The first-order valence-corrected chi connectivity index (χ1v) is 7.85. The van der Waals surface area contributed by atoms with Crippen LogP contribution in [0, 0.1) is 5.82 Å². The largest absolute Gasteiger partial charge is 0.356 e. The molecule has 3 rings (SSSR count). The maximum atomic E-state index is 14.4. The van der Waals surface area contributed by atoms with Crippen LogP contribution >= 0.6 is 27.5 Å². The van der Waals surface area contributed by atoms with Gasteiger partial charge in [-0.25, -0.2) is 9.07 Å². The predicted octanol–water partition coefficient (Wildman–Crippen LogP) is 4.49. The summed E-state index contributed by atoms with van der Waals surface area (Å²) in [5, 5.41) is 4.80. The van der Waals surface area contributed by atoms with Gasteiger partial charge in [0.25, 0.3) is 0 Å². The average Bonchev–Trinajstić information content (AvgIpc) is 2.90. The van der Waals surface area contributed by atoms with Gasteiger partial charge in [0.15, 0.2) is 17.8 Å². The van der Waals surface area contributed by atoms with Gasteiger partial charge in [-0.15, -0.1) is 0 Å². The lowest BCUT2D eigenvalue weighted by molar-refractivity contribution is -0.0367. The molecule has 0 bridgehead atoms. The number of hydrogen-bond acceptors (Lipinski definition) is 3. The Hall–Kier alpha value is -0.980. The highest BCUT2D eigenvalue weighted by Crippen LogP contribution is 2.38. The molecule has 1 saturated heterocycles. The lowest BCUT2D eigenvalue weighted by atomic mass is 10.1. The van der Waals surface area contributed by atoms with Crippen molar-refractivity contribution in [1.29, 1.82) is 0 Å². The number of hydrogen-bond donors (Lipinski definition) is 0. The van der Waals surface area contributed by atoms with E-state index in [0.29, 0.717) is 22.0 Å². The van der Waals surface area contributed by atoms with Crippen LogP contribution < -0.4 is 0 Å². The molecule has 1 atom stereocenters. The minimum absolute atomic E-state index is 0.0372. The molecule has 1 aliphatic heterocycles. The lowest BCUT2D eigenvalue weighted by Gasteiger charge is -2.24. The number of benzene rings is 1. The van der Waals surface area contributed by atoms with Gasteiger partial charge < -0.3 is 4.74 Å². The summed E-state index contributed by atoms with van der Waals surface area (Å²) in [5.74, 6) is -1.11. The zero-order valence-electron chi connectivity index (χ0n) is 11.3. The van der Waals surface area contributed by atoms with Gasteiger partial charge in [0.05, 0.1) is 26.8 Å². The van der Waals surface area contributed by atoms with E-state index in [2.05, 4.69) is 21.0 Å². The van der Waals surface area contributed by atoms with Crippen molar-refractivity contribution < 1.29 is 13.9 Å². The van der Waals surface area contributed by atoms with E-state index < -0.39 is 5.82 Å². The Bertz CT molecular complexity index is 726. The standard InChI is InChI=1S/C14H13BrClFN2O2/c1-7(20)10-13(17)12(16)11(15)8-6-18-19(14(8)10)9-4-2-3-5-21-9/h6,9H,2-5H2,1H3. The molecule has 0 aliphatic carbocycles. The van der Waals surface area contributed by atoms with E-state index in [0.717, 1.165) is 19.3 Å². The first kappa shape index (κ1) is 14.9. The first-order chi connectivity index (χ1) is 10.0. The van der Waals surface area contributed by atoms with Gasteiger partial charge in [-0.3, -0.25) is 4.79 Å². The van der Waals surface area contributed by atoms with Crippen LogP contribution in [0.4, 0.5) is 4.39 Å². The van der Waals surface area contributed by atoms with Crippen molar-refractivity contribution in [2.24, 2.45) is 0 Å². The van der Waals surface area contributed by atoms with E-state index in [4.69, 9.17) is 16.3 Å². The summed E-state index contributed by atoms with van der Waals surface area (Å²) >= 11 is 9.23. The number of ether oxygens (including phenoxy) is 1. The molecule has 0 N–H and O–H groups in total. The molecule has 1 aliphatic rings. The topological polar surface area (TPSA) is 44.1 Å². The zero-order valence-corrected chi connectivity index (χ0v) is 13.7. The molecule has 4 nitrogen and oxygen atoms in total. The Morgan fingerprint density at radius 3 is 2.95 bits per heavy atom. The number of carbonyl (C=O) groups excluding carboxylic acids is 1. The fourth-order valence-corrected chi connectivity index (χ4v) is 3.32. The Balaban J connectivity index is 2.30. The van der Waals surface area contributed by atoms with Crippen LogP contribution in [0.15, 0.2) is 10.7 Å². The number of nitrogens with zero attached hydrogens (tertiary/aromatic N) is 2. The smallest absolute Gasteiger partial charge is 0.164 e. The van der Waals surface area contributed by atoms with Crippen molar-refractivity contribution in [3.63, 3.8) is 0 Å². The van der Waals surface area contributed by atoms with Gasteiger partial charge in [-0.2, -0.15) is 5.10 Å². The normalized spacial score (nSPS) is 19.1. The molecule has 1 aromatic carbocycles. The Morgan fingerprint density at radius 1 is 1.57 bits per heavy atom. The van der Waals surface area contributed by atoms with Gasteiger partial charge in [0.1, 0.15) is 0 Å². The molecule has 21 heavy (non-hydrogen) atoms. The van der Waals surface area contributed by atoms with Crippen LogP contribution in [0.3, 0.4) is 0 Å². The number of aromatic nitrogens is 2. The van der Waals surface area contributed by atoms with Crippen LogP contribution in [0.2, 0.25) is 5.02 Å². The number of Topliss-reactive ketones (excluding diaryl/α,β-unsaturated/α-hetero) is 1. The molecule has 112 valence electrons. The summed E-state index contributed by atoms with van der Waals surface area (Å²) in [6.45, 7) is 1.96. The van der Waals surface area contributed by atoms with Gasteiger partial charge >= 0.3 is 0 Å². The molecule has 1 aromatic heterocycles. The van der Waals surface area contributed by atoms with Crippen molar-refractivity contribution in [3.8, 4) is 0 Å². The summed E-state index contributed by atoms with van der Waals surface area (Å²) in [7, 11) is 0. The highest BCUT2D eigenvalue weighted by atomic mass is 79.9. The summed E-state index contributed by atoms with van der Waals surface area (Å²) in [5.41, 5.74) is 0.396. The van der Waals surface area contributed by atoms with E-state index in [1.165, 1.54) is 6.92 Å². The lowest BCUT2D eigenvalue weighted by Crippen LogP contribution is -2.20. The molecule has 1 fully saturated rings. The Labute approximate surface area is 134 Å². The second-order valence-corrected chi connectivity index (χ2v) is 6.22. The number of carbonyl (C=O) groups is 1. The molecule has 7 heteroatoms. The fourth-order valence-electron chi connectivity index (χ4n) is 2.66. The van der Waals surface area contributed by atoms with E-state index in [1.807, 2.05) is 0 Å². The monoisotopic (exact) mass is 374 g/mol. The molecule has 0 amide bonds. The fraction of sp³-hybridized carbons (Fsp3) is 0.429. The quantitative estimate of drug-likeness (QED) is 0.574. The van der Waals surface area contributed by atoms with Gasteiger partial charge in [-0.1, -0.05) is 11.6 Å². The van der Waals surface area contributed by atoms with Crippen molar-refractivity contribution >= 4 is 44.2 Å². The predicted molar refractivity (Wildman–Crippen MR) is 81.2 cm³/mol. The SMILES string of the molecule is CC(=O)c1c(F)c(Cl)c(Br)c2cnn(C3CCCCO3)c12. The number of rotatable bonds is 2. The highest BCUT2D eigenvalue weighted by molar-refractivity contribution is 9.10. The summed E-state index contributed by atoms with van der Waals surface area (Å²) in [6, 6.07) is 0. The molecule has 2 aromatic rings. The molecule has 2 heterocycles. The number of ketones is 1. The maximum absolute atomic E-state index is 14.4. The van der Waals surface area contributed by atoms with Gasteiger partial charge in [0, 0.05) is 12.0 Å². The average molecular weight is 376 g/mol. The zero-order chi connectivity index (χ0) is 15.1. The Kier molecular flexibility index (Phi) is 4.03. The minimum Gasteiger partial charge on any atom is -0.356 e. The van der Waals surface area contributed by atoms with Crippen molar-refractivity contribution in [3.05, 3.63) is 27.1 Å². The van der Waals surface area contributed by atoms with E-state index in [9.17, 15) is 9.18 Å². The first-order valence-electron chi connectivity index (χ1n) is 6.68. The van der Waals surface area contributed by atoms with Crippen LogP contribution in [0.5, 0.6) is 0 Å². The van der Waals surface area contributed by atoms with Crippen LogP contribution in [0.1, 0.15) is 42.8 Å². The summed E-state index contributed by atoms with van der Waals surface area (Å²) in [4.78, 5) is 11.9. The van der Waals surface area contributed by atoms with Crippen LogP contribution in [-0.4, -0.2) is 22.2 Å². The number of fused-ring (bicyclic) bond motifs is 1. The van der Waals surface area contributed by atoms with Crippen LogP contribution in [0.25, 0.3) is 10.9 Å². The van der Waals surface area contributed by atoms with E-state index >= 15 is 0 Å². The van der Waals surface area contributed by atoms with Crippen molar-refractivity contribution in [2.75, 3.05) is 6.61 Å². The summed E-state index contributed by atoms with van der Waals surface area (Å²) in [6.07, 6.45) is 4.10. The minimum atomic E-state index is -0.721. The third-order valence-corrected chi connectivity index (χ3v) is 5.06. The molecule has 0 saturated carbocycles. The molecular formula is C14H13BrClFN2O2. The third kappa shape index (κ3) is 2.39. The second-order valence-electron chi connectivity index (χ2n) is 5.05. The Morgan fingerprint density at radius 2 is 2.33 bits per heavy atom.